The number of carbonyl (C=O) groups excluding carboxylic acids is 1. The van der Waals surface area contributed by atoms with Crippen molar-refractivity contribution in [3.63, 3.8) is 0 Å². The molecule has 2 rings (SSSR count). The Labute approximate surface area is 90.9 Å². The van der Waals surface area contributed by atoms with Gasteiger partial charge in [0.25, 0.3) is 0 Å². The SMILES string of the molecule is C[C@@H]1CCN(Cc2ccccc2)CC1=O. The molecule has 1 aromatic rings. The molecule has 2 heteroatoms. The number of likely N-dealkylation sites (tertiary alicyclic amines) is 1. The van der Waals surface area contributed by atoms with Crippen LogP contribution in [0.25, 0.3) is 0 Å². The van der Waals surface area contributed by atoms with Crippen LogP contribution in [-0.4, -0.2) is 23.8 Å². The summed E-state index contributed by atoms with van der Waals surface area (Å²) >= 11 is 0. The van der Waals surface area contributed by atoms with Gasteiger partial charge in [-0.15, -0.1) is 0 Å². The van der Waals surface area contributed by atoms with E-state index < -0.39 is 0 Å². The molecule has 1 aliphatic rings. The highest BCUT2D eigenvalue weighted by Crippen LogP contribution is 2.15. The summed E-state index contributed by atoms with van der Waals surface area (Å²) in [5.41, 5.74) is 1.29. The number of carbonyl (C=O) groups is 1. The topological polar surface area (TPSA) is 20.3 Å². The highest BCUT2D eigenvalue weighted by molar-refractivity contribution is 5.83. The van der Waals surface area contributed by atoms with E-state index in [0.29, 0.717) is 12.3 Å². The fourth-order valence-electron chi connectivity index (χ4n) is 1.97. The van der Waals surface area contributed by atoms with Gasteiger partial charge in [0, 0.05) is 12.5 Å². The van der Waals surface area contributed by atoms with Crippen molar-refractivity contribution >= 4 is 5.78 Å². The molecule has 0 amide bonds. The van der Waals surface area contributed by atoms with Gasteiger partial charge in [0.2, 0.25) is 0 Å². The molecule has 80 valence electrons. The van der Waals surface area contributed by atoms with Gasteiger partial charge in [0.05, 0.1) is 6.54 Å². The van der Waals surface area contributed by atoms with Crippen molar-refractivity contribution in [3.05, 3.63) is 35.9 Å². The molecule has 0 N–H and O–H groups in total. The summed E-state index contributed by atoms with van der Waals surface area (Å²) in [6, 6.07) is 10.3. The van der Waals surface area contributed by atoms with Crippen LogP contribution in [0.3, 0.4) is 0 Å². The van der Waals surface area contributed by atoms with Crippen molar-refractivity contribution in [2.24, 2.45) is 5.92 Å². The van der Waals surface area contributed by atoms with E-state index in [1.165, 1.54) is 5.56 Å². The first kappa shape index (κ1) is 10.4. The number of Topliss-reactive ketones (excluding diaryl/α,β-unsaturated/α-hetero) is 1. The predicted molar refractivity (Wildman–Crippen MR) is 60.5 cm³/mol. The third-order valence-corrected chi connectivity index (χ3v) is 3.06. The Hall–Kier alpha value is -1.15. The molecular weight excluding hydrogens is 186 g/mol. The van der Waals surface area contributed by atoms with Gasteiger partial charge < -0.3 is 0 Å². The van der Waals surface area contributed by atoms with Gasteiger partial charge in [-0.2, -0.15) is 0 Å². The first-order chi connectivity index (χ1) is 7.25. The maximum absolute atomic E-state index is 11.6. The van der Waals surface area contributed by atoms with Crippen LogP contribution < -0.4 is 0 Å². The van der Waals surface area contributed by atoms with E-state index in [1.807, 2.05) is 25.1 Å². The summed E-state index contributed by atoms with van der Waals surface area (Å²) in [5.74, 6) is 0.647. The molecule has 0 spiro atoms. The molecule has 1 saturated heterocycles. The van der Waals surface area contributed by atoms with Crippen molar-refractivity contribution in [1.29, 1.82) is 0 Å². The molecule has 0 radical (unpaired) electrons. The molecule has 0 bridgehead atoms. The van der Waals surface area contributed by atoms with Gasteiger partial charge in [-0.05, 0) is 18.5 Å². The van der Waals surface area contributed by atoms with Crippen LogP contribution >= 0.6 is 0 Å². The second kappa shape index (κ2) is 4.58. The van der Waals surface area contributed by atoms with E-state index in [1.54, 1.807) is 0 Å². The monoisotopic (exact) mass is 203 g/mol. The number of hydrogen-bond acceptors (Lipinski definition) is 2. The average molecular weight is 203 g/mol. The lowest BCUT2D eigenvalue weighted by atomic mass is 9.97. The van der Waals surface area contributed by atoms with E-state index in [4.69, 9.17) is 0 Å². The lowest BCUT2D eigenvalue weighted by Gasteiger charge is -2.29. The van der Waals surface area contributed by atoms with E-state index >= 15 is 0 Å². The fraction of sp³-hybridized carbons (Fsp3) is 0.462. The minimum Gasteiger partial charge on any atom is -0.298 e. The molecular formula is C13H17NO. The largest absolute Gasteiger partial charge is 0.298 e. The van der Waals surface area contributed by atoms with Crippen molar-refractivity contribution in [1.82, 2.24) is 4.90 Å². The zero-order valence-electron chi connectivity index (χ0n) is 9.15. The first-order valence-corrected chi connectivity index (χ1v) is 5.54. The lowest BCUT2D eigenvalue weighted by Crippen LogP contribution is -2.39. The van der Waals surface area contributed by atoms with Crippen LogP contribution in [0.15, 0.2) is 30.3 Å². The fourth-order valence-corrected chi connectivity index (χ4v) is 1.97. The smallest absolute Gasteiger partial charge is 0.149 e. The van der Waals surface area contributed by atoms with E-state index in [-0.39, 0.29) is 5.92 Å². The third kappa shape index (κ3) is 2.66. The molecule has 2 nitrogen and oxygen atoms in total. The molecule has 0 unspecified atom stereocenters. The van der Waals surface area contributed by atoms with Gasteiger partial charge in [0.1, 0.15) is 5.78 Å². The number of ketones is 1. The van der Waals surface area contributed by atoms with E-state index in [2.05, 4.69) is 17.0 Å². The van der Waals surface area contributed by atoms with Crippen LogP contribution in [0.4, 0.5) is 0 Å². The van der Waals surface area contributed by atoms with Crippen LogP contribution in [-0.2, 0) is 11.3 Å². The van der Waals surface area contributed by atoms with Gasteiger partial charge >= 0.3 is 0 Å². The third-order valence-electron chi connectivity index (χ3n) is 3.06. The van der Waals surface area contributed by atoms with Crippen LogP contribution in [0, 0.1) is 5.92 Å². The normalized spacial score (nSPS) is 23.0. The Kier molecular flexibility index (Phi) is 3.17. The van der Waals surface area contributed by atoms with Gasteiger partial charge in [-0.1, -0.05) is 37.3 Å². The van der Waals surface area contributed by atoms with Gasteiger partial charge in [-0.3, -0.25) is 9.69 Å². The Balaban J connectivity index is 1.94. The molecule has 1 fully saturated rings. The summed E-state index contributed by atoms with van der Waals surface area (Å²) in [6.07, 6.45) is 1.01. The van der Waals surface area contributed by atoms with Gasteiger partial charge in [0.15, 0.2) is 0 Å². The standard InChI is InChI=1S/C13H17NO/c1-11-7-8-14(10-13(11)15)9-12-5-3-2-4-6-12/h2-6,11H,7-10H2,1H3/t11-/m1/s1. The predicted octanol–water partition coefficient (Wildman–Crippen LogP) is 2.10. The highest BCUT2D eigenvalue weighted by Gasteiger charge is 2.22. The molecule has 1 heterocycles. The van der Waals surface area contributed by atoms with E-state index in [9.17, 15) is 4.79 Å². The molecule has 0 aliphatic carbocycles. The molecule has 15 heavy (non-hydrogen) atoms. The Bertz CT molecular complexity index is 334. The van der Waals surface area contributed by atoms with Crippen molar-refractivity contribution in [2.75, 3.05) is 13.1 Å². The van der Waals surface area contributed by atoms with E-state index in [0.717, 1.165) is 19.5 Å². The molecule has 0 aromatic heterocycles. The zero-order valence-corrected chi connectivity index (χ0v) is 9.15. The highest BCUT2D eigenvalue weighted by atomic mass is 16.1. The number of hydrogen-bond donors (Lipinski definition) is 0. The zero-order chi connectivity index (χ0) is 10.7. The van der Waals surface area contributed by atoms with Crippen molar-refractivity contribution in [2.45, 2.75) is 19.9 Å². The van der Waals surface area contributed by atoms with Crippen molar-refractivity contribution in [3.8, 4) is 0 Å². The van der Waals surface area contributed by atoms with Crippen LogP contribution in [0.5, 0.6) is 0 Å². The quantitative estimate of drug-likeness (QED) is 0.733. The molecule has 1 atom stereocenters. The summed E-state index contributed by atoms with van der Waals surface area (Å²) in [5, 5.41) is 0. The number of rotatable bonds is 2. The average Bonchev–Trinajstić information content (AvgIpc) is 2.25. The van der Waals surface area contributed by atoms with Crippen molar-refractivity contribution < 1.29 is 4.79 Å². The summed E-state index contributed by atoms with van der Waals surface area (Å²) in [4.78, 5) is 13.8. The molecule has 1 aliphatic heterocycles. The minimum absolute atomic E-state index is 0.261. The maximum Gasteiger partial charge on any atom is 0.149 e. The Morgan fingerprint density at radius 3 is 2.73 bits per heavy atom. The number of piperidine rings is 1. The Morgan fingerprint density at radius 1 is 1.33 bits per heavy atom. The second-order valence-corrected chi connectivity index (χ2v) is 4.35. The summed E-state index contributed by atoms with van der Waals surface area (Å²) in [7, 11) is 0. The number of benzene rings is 1. The summed E-state index contributed by atoms with van der Waals surface area (Å²) < 4.78 is 0. The Morgan fingerprint density at radius 2 is 2.07 bits per heavy atom. The second-order valence-electron chi connectivity index (χ2n) is 4.35. The maximum atomic E-state index is 11.6. The van der Waals surface area contributed by atoms with Gasteiger partial charge in [-0.25, -0.2) is 0 Å². The first-order valence-electron chi connectivity index (χ1n) is 5.54. The van der Waals surface area contributed by atoms with Crippen LogP contribution in [0.2, 0.25) is 0 Å². The van der Waals surface area contributed by atoms with Crippen LogP contribution in [0.1, 0.15) is 18.9 Å². The molecule has 1 aromatic carbocycles. The number of nitrogens with zero attached hydrogens (tertiary/aromatic N) is 1. The molecule has 0 saturated carbocycles. The lowest BCUT2D eigenvalue weighted by molar-refractivity contribution is -0.126. The summed E-state index contributed by atoms with van der Waals surface area (Å²) in [6.45, 7) is 4.60. The minimum atomic E-state index is 0.261.